The minimum atomic E-state index is -2.23. The standard InChI is InChI=1S/C20H28O5/c1-6-7-15(21)16-17(22)14(9-8-12(2)3)18(23)20(25,19(16)24)11-10-13(4)5/h8,10,22-23,25H,6-7,9,11H2,1-5H3. The molecule has 5 heteroatoms. The first kappa shape index (κ1) is 20.9. The number of carbonyl (C=O) groups is 2. The highest BCUT2D eigenvalue weighted by Crippen LogP contribution is 2.38. The lowest BCUT2D eigenvalue weighted by molar-refractivity contribution is -0.135. The highest BCUT2D eigenvalue weighted by Gasteiger charge is 2.49. The summed E-state index contributed by atoms with van der Waals surface area (Å²) in [4.78, 5) is 25.1. The first-order valence-corrected chi connectivity index (χ1v) is 8.49. The van der Waals surface area contributed by atoms with E-state index in [2.05, 4.69) is 0 Å². The number of allylic oxidation sites excluding steroid dienone is 4. The molecular formula is C20H28O5. The Morgan fingerprint density at radius 1 is 1.08 bits per heavy atom. The van der Waals surface area contributed by atoms with Crippen LogP contribution in [0.3, 0.4) is 0 Å². The third-order valence-corrected chi connectivity index (χ3v) is 4.08. The molecule has 0 heterocycles. The molecule has 1 unspecified atom stereocenters. The van der Waals surface area contributed by atoms with E-state index in [9.17, 15) is 24.9 Å². The first-order valence-electron chi connectivity index (χ1n) is 8.49. The maximum atomic E-state index is 12.8. The van der Waals surface area contributed by atoms with Crippen LogP contribution < -0.4 is 0 Å². The molecule has 0 fully saturated rings. The van der Waals surface area contributed by atoms with E-state index < -0.39 is 34.3 Å². The van der Waals surface area contributed by atoms with E-state index in [-0.39, 0.29) is 24.8 Å². The molecular weight excluding hydrogens is 320 g/mol. The second kappa shape index (κ2) is 8.30. The van der Waals surface area contributed by atoms with Gasteiger partial charge < -0.3 is 15.3 Å². The van der Waals surface area contributed by atoms with Crippen molar-refractivity contribution in [1.29, 1.82) is 0 Å². The van der Waals surface area contributed by atoms with Crippen LogP contribution in [0, 0.1) is 0 Å². The molecule has 25 heavy (non-hydrogen) atoms. The number of aliphatic hydroxyl groups excluding tert-OH is 2. The molecule has 0 aromatic carbocycles. The van der Waals surface area contributed by atoms with E-state index in [4.69, 9.17) is 0 Å². The first-order chi connectivity index (χ1) is 11.6. The van der Waals surface area contributed by atoms with Crippen LogP contribution in [-0.2, 0) is 9.59 Å². The fourth-order valence-corrected chi connectivity index (χ4v) is 2.59. The molecule has 138 valence electrons. The lowest BCUT2D eigenvalue weighted by Crippen LogP contribution is -2.46. The molecule has 0 radical (unpaired) electrons. The Hall–Kier alpha value is -2.14. The average Bonchev–Trinajstić information content (AvgIpc) is 2.51. The monoisotopic (exact) mass is 348 g/mol. The molecule has 3 N–H and O–H groups in total. The van der Waals surface area contributed by atoms with Crippen molar-refractivity contribution in [3.05, 3.63) is 46.0 Å². The van der Waals surface area contributed by atoms with E-state index >= 15 is 0 Å². The summed E-state index contributed by atoms with van der Waals surface area (Å²) in [6.45, 7) is 9.10. The Balaban J connectivity index is 3.57. The molecule has 5 nitrogen and oxygen atoms in total. The van der Waals surface area contributed by atoms with Crippen molar-refractivity contribution in [1.82, 2.24) is 0 Å². The quantitative estimate of drug-likeness (QED) is 0.477. The summed E-state index contributed by atoms with van der Waals surface area (Å²) >= 11 is 0. The van der Waals surface area contributed by atoms with Crippen molar-refractivity contribution in [3.8, 4) is 0 Å². The van der Waals surface area contributed by atoms with Crippen LogP contribution in [0.25, 0.3) is 0 Å². The van der Waals surface area contributed by atoms with Gasteiger partial charge in [-0.25, -0.2) is 0 Å². The van der Waals surface area contributed by atoms with Crippen molar-refractivity contribution < 1.29 is 24.9 Å². The zero-order valence-corrected chi connectivity index (χ0v) is 15.6. The minimum absolute atomic E-state index is 0.0184. The number of ketones is 2. The van der Waals surface area contributed by atoms with Crippen LogP contribution in [0.2, 0.25) is 0 Å². The highest BCUT2D eigenvalue weighted by atomic mass is 16.3. The Labute approximate surface area is 149 Å². The van der Waals surface area contributed by atoms with Crippen LogP contribution in [0.4, 0.5) is 0 Å². The smallest absolute Gasteiger partial charge is 0.209 e. The molecule has 0 aromatic heterocycles. The lowest BCUT2D eigenvalue weighted by atomic mass is 9.77. The maximum absolute atomic E-state index is 12.8. The van der Waals surface area contributed by atoms with Crippen molar-refractivity contribution in [2.24, 2.45) is 0 Å². The lowest BCUT2D eigenvalue weighted by Gasteiger charge is -2.32. The van der Waals surface area contributed by atoms with Gasteiger partial charge in [-0.2, -0.15) is 0 Å². The van der Waals surface area contributed by atoms with Gasteiger partial charge in [-0.3, -0.25) is 9.59 Å². The summed E-state index contributed by atoms with van der Waals surface area (Å²) < 4.78 is 0. The second-order valence-corrected chi connectivity index (χ2v) is 6.88. The fraction of sp³-hybridized carbons (Fsp3) is 0.500. The van der Waals surface area contributed by atoms with Crippen LogP contribution in [-0.4, -0.2) is 32.5 Å². The molecule has 1 aliphatic carbocycles. The Bertz CT molecular complexity index is 683. The van der Waals surface area contributed by atoms with Crippen LogP contribution in [0.15, 0.2) is 46.0 Å². The third-order valence-electron chi connectivity index (χ3n) is 4.08. The molecule has 0 amide bonds. The molecule has 1 rings (SSSR count). The highest BCUT2D eigenvalue weighted by molar-refractivity contribution is 6.25. The van der Waals surface area contributed by atoms with Crippen molar-refractivity contribution >= 4 is 11.6 Å². The zero-order valence-electron chi connectivity index (χ0n) is 15.6. The minimum Gasteiger partial charge on any atom is -0.508 e. The Kier molecular flexibility index (Phi) is 6.94. The summed E-state index contributed by atoms with van der Waals surface area (Å²) in [5.41, 5.74) is -0.821. The molecule has 0 saturated heterocycles. The fourth-order valence-electron chi connectivity index (χ4n) is 2.59. The number of Topliss-reactive ketones (excluding diaryl/α,β-unsaturated/α-hetero) is 2. The number of hydrogen-bond acceptors (Lipinski definition) is 5. The van der Waals surface area contributed by atoms with Gasteiger partial charge in [-0.15, -0.1) is 0 Å². The van der Waals surface area contributed by atoms with E-state index in [0.29, 0.717) is 6.42 Å². The van der Waals surface area contributed by atoms with Gasteiger partial charge >= 0.3 is 0 Å². The van der Waals surface area contributed by atoms with Crippen molar-refractivity contribution in [3.63, 3.8) is 0 Å². The Morgan fingerprint density at radius 2 is 1.64 bits per heavy atom. The van der Waals surface area contributed by atoms with Gasteiger partial charge in [-0.05, 0) is 40.5 Å². The van der Waals surface area contributed by atoms with Gasteiger partial charge in [-0.1, -0.05) is 30.2 Å². The third kappa shape index (κ3) is 4.48. The summed E-state index contributed by atoms with van der Waals surface area (Å²) in [5.74, 6) is -2.58. The number of aliphatic hydroxyl groups is 3. The van der Waals surface area contributed by atoms with Gasteiger partial charge in [0.2, 0.25) is 5.78 Å². The van der Waals surface area contributed by atoms with Crippen LogP contribution in [0.1, 0.15) is 60.3 Å². The molecule has 1 aliphatic rings. The van der Waals surface area contributed by atoms with Gasteiger partial charge in [0.1, 0.15) is 17.1 Å². The van der Waals surface area contributed by atoms with Gasteiger partial charge in [0.05, 0.1) is 0 Å². The maximum Gasteiger partial charge on any atom is 0.209 e. The van der Waals surface area contributed by atoms with Gasteiger partial charge in [0, 0.05) is 18.4 Å². The van der Waals surface area contributed by atoms with E-state index in [0.717, 1.165) is 11.1 Å². The number of carbonyl (C=O) groups excluding carboxylic acids is 2. The summed E-state index contributed by atoms with van der Waals surface area (Å²) in [7, 11) is 0. The van der Waals surface area contributed by atoms with Gasteiger partial charge in [0.25, 0.3) is 0 Å². The van der Waals surface area contributed by atoms with E-state index in [1.807, 2.05) is 13.8 Å². The molecule has 1 atom stereocenters. The predicted octanol–water partition coefficient (Wildman–Crippen LogP) is 4.01. The topological polar surface area (TPSA) is 94.8 Å². The number of rotatable bonds is 7. The zero-order chi connectivity index (χ0) is 19.4. The largest absolute Gasteiger partial charge is 0.508 e. The molecule has 0 saturated carbocycles. The van der Waals surface area contributed by atoms with E-state index in [1.165, 1.54) is 0 Å². The van der Waals surface area contributed by atoms with Crippen molar-refractivity contribution in [2.45, 2.75) is 65.9 Å². The Morgan fingerprint density at radius 3 is 2.12 bits per heavy atom. The van der Waals surface area contributed by atoms with Crippen LogP contribution >= 0.6 is 0 Å². The predicted molar refractivity (Wildman–Crippen MR) is 97.3 cm³/mol. The summed E-state index contributed by atoms with van der Waals surface area (Å²) in [5, 5.41) is 31.9. The number of hydrogen-bond donors (Lipinski definition) is 3. The van der Waals surface area contributed by atoms with Crippen molar-refractivity contribution in [2.75, 3.05) is 0 Å². The van der Waals surface area contributed by atoms with E-state index in [1.54, 1.807) is 32.9 Å². The molecule has 0 aliphatic heterocycles. The molecule has 0 spiro atoms. The van der Waals surface area contributed by atoms with Crippen LogP contribution in [0.5, 0.6) is 0 Å². The second-order valence-electron chi connectivity index (χ2n) is 6.88. The van der Waals surface area contributed by atoms with Gasteiger partial charge in [0.15, 0.2) is 11.4 Å². The summed E-state index contributed by atoms with van der Waals surface area (Å²) in [6.07, 6.45) is 3.93. The summed E-state index contributed by atoms with van der Waals surface area (Å²) in [6, 6.07) is 0. The molecule has 0 bridgehead atoms. The normalized spacial score (nSPS) is 20.6. The SMILES string of the molecule is CCCC(=O)C1=C(O)C(CC=C(C)C)=C(O)C(O)(CC=C(C)C)C1=O. The molecule has 0 aromatic rings. The average molecular weight is 348 g/mol.